The predicted molar refractivity (Wildman–Crippen MR) is 46.5 cm³/mol. The molecule has 1 aromatic carbocycles. The van der Waals surface area contributed by atoms with Gasteiger partial charge in [-0.1, -0.05) is 0 Å². The van der Waals surface area contributed by atoms with Crippen LogP contribution in [0.3, 0.4) is 0 Å². The van der Waals surface area contributed by atoms with Crippen LogP contribution in [0.4, 0.5) is 0 Å². The molecule has 10 heavy (non-hydrogen) atoms. The zero-order valence-corrected chi connectivity index (χ0v) is 9.32. The third-order valence-corrected chi connectivity index (χ3v) is 5.16. The average Bonchev–Trinajstić information content (AvgIpc) is 2.05. The van der Waals surface area contributed by atoms with Gasteiger partial charge in [0.2, 0.25) is 0 Å². The summed E-state index contributed by atoms with van der Waals surface area (Å²) in [7, 11) is 0. The van der Waals surface area contributed by atoms with E-state index < -0.39 is 0 Å². The molecule has 0 aromatic heterocycles. The van der Waals surface area contributed by atoms with E-state index in [4.69, 9.17) is 0 Å². The van der Waals surface area contributed by atoms with E-state index in [9.17, 15) is 0 Å². The summed E-state index contributed by atoms with van der Waals surface area (Å²) in [5, 5.41) is 0. The number of benzene rings is 1. The van der Waals surface area contributed by atoms with Gasteiger partial charge in [-0.25, -0.2) is 0 Å². The van der Waals surface area contributed by atoms with Gasteiger partial charge in [0.05, 0.1) is 0 Å². The van der Waals surface area contributed by atoms with Gasteiger partial charge >= 0.3 is 72.8 Å². The molecule has 52 valence electrons. The first-order valence-electron chi connectivity index (χ1n) is 3.57. The van der Waals surface area contributed by atoms with Crippen molar-refractivity contribution in [1.82, 2.24) is 0 Å². The first-order valence-corrected chi connectivity index (χ1v) is 8.07. The molecule has 0 aliphatic heterocycles. The fourth-order valence-electron chi connectivity index (χ4n) is 0.908. The Balaban J connectivity index is 2.75. The molecular weight excluding hydrogens is 227 g/mol. The van der Waals surface area contributed by atoms with Crippen molar-refractivity contribution >= 4 is 21.1 Å². The molecule has 0 nitrogen and oxygen atoms in total. The Kier molecular flexibility index (Phi) is 3.26. The van der Waals surface area contributed by atoms with Crippen LogP contribution in [0.5, 0.6) is 0 Å². The molecule has 0 aliphatic carbocycles. The van der Waals surface area contributed by atoms with E-state index in [2.05, 4.69) is 42.2 Å². The van der Waals surface area contributed by atoms with Gasteiger partial charge in [-0.05, 0) is 0 Å². The molecule has 0 bridgehead atoms. The third kappa shape index (κ3) is 2.01. The maximum absolute atomic E-state index is 2.39. The van der Waals surface area contributed by atoms with Gasteiger partial charge in [-0.2, -0.15) is 0 Å². The molecule has 0 saturated heterocycles. The van der Waals surface area contributed by atoms with Gasteiger partial charge in [0.15, 0.2) is 0 Å². The van der Waals surface area contributed by atoms with Gasteiger partial charge in [0, 0.05) is 0 Å². The molecule has 0 fully saturated rings. The Morgan fingerprint density at radius 3 is 2.30 bits per heavy atom. The predicted octanol–water partition coefficient (Wildman–Crippen LogP) is 2.50. The zero-order valence-electron chi connectivity index (χ0n) is 6.46. The molecule has 1 atom stereocenters. The van der Waals surface area contributed by atoms with Gasteiger partial charge in [-0.3, -0.25) is 0 Å². The summed E-state index contributed by atoms with van der Waals surface area (Å²) < 4.78 is 0.879. The van der Waals surface area contributed by atoms with Crippen molar-refractivity contribution < 1.29 is 0 Å². The summed E-state index contributed by atoms with van der Waals surface area (Å²) in [5.74, 6) is 0. The molecule has 1 aromatic rings. The second kappa shape index (κ2) is 4.01. The van der Waals surface area contributed by atoms with Crippen LogP contribution < -0.4 is 0 Å². The summed E-state index contributed by atoms with van der Waals surface area (Å²) in [6.45, 7) is 2.33. The molecule has 0 heterocycles. The maximum atomic E-state index is 2.39. The molecule has 2 radical (unpaired) electrons. The van der Waals surface area contributed by atoms with Gasteiger partial charge in [0.1, 0.15) is 0 Å². The minimum atomic E-state index is -0.103. The Labute approximate surface area is 72.9 Å². The Morgan fingerprint density at radius 2 is 1.80 bits per heavy atom. The van der Waals surface area contributed by atoms with E-state index in [1.807, 2.05) is 0 Å². The molecule has 0 aliphatic rings. The fraction of sp³-hybridized carbons (Fsp3) is 0.333. The van der Waals surface area contributed by atoms with Crippen molar-refractivity contribution in [2.24, 2.45) is 0 Å². The summed E-state index contributed by atoms with van der Waals surface area (Å²) in [6.07, 6.45) is 0. The van der Waals surface area contributed by atoms with Crippen molar-refractivity contribution in [2.45, 2.75) is 15.8 Å². The Morgan fingerprint density at radius 1 is 1.20 bits per heavy atom. The molecule has 1 heteroatoms. The van der Waals surface area contributed by atoms with Crippen molar-refractivity contribution in [2.75, 3.05) is 0 Å². The van der Waals surface area contributed by atoms with Crippen molar-refractivity contribution in [3.63, 3.8) is 0 Å². The monoisotopic (exact) mass is 240 g/mol. The second-order valence-corrected chi connectivity index (χ2v) is 6.54. The van der Waals surface area contributed by atoms with Crippen LogP contribution in [-0.4, -0.2) is 21.1 Å². The van der Waals surface area contributed by atoms with Crippen LogP contribution in [0.25, 0.3) is 0 Å². The Hall–Kier alpha value is 0.0187. The van der Waals surface area contributed by atoms with Crippen LogP contribution in [0.1, 0.15) is 16.4 Å². The van der Waals surface area contributed by atoms with Crippen LogP contribution in [0.2, 0.25) is 4.94 Å². The topological polar surface area (TPSA) is 0 Å². The molecule has 1 unspecified atom stereocenters. The second-order valence-electron chi connectivity index (χ2n) is 2.42. The first kappa shape index (κ1) is 8.12. The van der Waals surface area contributed by atoms with Crippen LogP contribution in [0.15, 0.2) is 30.3 Å². The SMILES string of the molecule is [CH3][Sn][CH](C)c1ccccc1. The molecule has 0 saturated carbocycles. The summed E-state index contributed by atoms with van der Waals surface area (Å²) >= 11 is -0.103. The Bertz CT molecular complexity index is 181. The molecule has 0 N–H and O–H groups in total. The van der Waals surface area contributed by atoms with E-state index in [1.54, 1.807) is 0 Å². The molecule has 0 amide bonds. The average molecular weight is 239 g/mol. The number of hydrogen-bond acceptors (Lipinski definition) is 0. The van der Waals surface area contributed by atoms with Gasteiger partial charge in [-0.15, -0.1) is 0 Å². The van der Waals surface area contributed by atoms with Crippen molar-refractivity contribution in [1.29, 1.82) is 0 Å². The van der Waals surface area contributed by atoms with E-state index >= 15 is 0 Å². The van der Waals surface area contributed by atoms with E-state index in [0.29, 0.717) is 0 Å². The number of hydrogen-bond donors (Lipinski definition) is 0. The van der Waals surface area contributed by atoms with Crippen LogP contribution in [0, 0.1) is 0 Å². The van der Waals surface area contributed by atoms with Gasteiger partial charge in [0.25, 0.3) is 0 Å². The minimum absolute atomic E-state index is 0.103. The molecule has 1 rings (SSSR count). The van der Waals surface area contributed by atoms with Crippen LogP contribution >= 0.6 is 0 Å². The molecule has 0 spiro atoms. The van der Waals surface area contributed by atoms with E-state index in [1.165, 1.54) is 5.56 Å². The standard InChI is InChI=1S/C8H9.CH3.Sn/c1-2-8-6-4-3-5-7-8;;/h2-7H,1H3;1H3;. The fourth-order valence-corrected chi connectivity index (χ4v) is 2.41. The molecular formula is C9H12Sn. The normalized spacial score (nSPS) is 13.0. The zero-order chi connectivity index (χ0) is 7.40. The van der Waals surface area contributed by atoms with Crippen molar-refractivity contribution in [3.05, 3.63) is 35.9 Å². The van der Waals surface area contributed by atoms with Crippen LogP contribution in [-0.2, 0) is 0 Å². The summed E-state index contributed by atoms with van der Waals surface area (Å²) in [5.41, 5.74) is 1.52. The first-order chi connectivity index (χ1) is 4.84. The van der Waals surface area contributed by atoms with Crippen molar-refractivity contribution in [3.8, 4) is 0 Å². The number of rotatable bonds is 2. The summed E-state index contributed by atoms with van der Waals surface area (Å²) in [6, 6.07) is 10.8. The summed E-state index contributed by atoms with van der Waals surface area (Å²) in [4.78, 5) is 2.39. The quantitative estimate of drug-likeness (QED) is 0.695. The van der Waals surface area contributed by atoms with E-state index in [-0.39, 0.29) is 21.1 Å². The third-order valence-electron chi connectivity index (χ3n) is 1.73. The van der Waals surface area contributed by atoms with E-state index in [0.717, 1.165) is 3.93 Å². The van der Waals surface area contributed by atoms with Gasteiger partial charge < -0.3 is 0 Å².